The maximum absolute atomic E-state index is 13.1. The third-order valence-corrected chi connectivity index (χ3v) is 19.5. The topological polar surface area (TPSA) is 237 Å². The second kappa shape index (κ2) is 66.6. The Morgan fingerprint density at radius 2 is 0.484 bits per heavy atom. The SMILES string of the molecule is CCCCCCCCCCCCCCCC(=O)O[C@H](COC(=O)CCCCCCCCCC(C)C)COP(=O)(O)OC[C@H](O)COP(=O)(O)OC[C@@H](COC(=O)CCCCCCCCCCCCCCC(C)C)OC(=O)CCCCCCCCCCCCCCCCC(C)C. The molecule has 2 unspecified atom stereocenters. The zero-order valence-electron chi connectivity index (χ0n) is 62.1. The van der Waals surface area contributed by atoms with Crippen LogP contribution in [0.4, 0.5) is 0 Å². The average molecular weight is 1400 g/mol. The minimum atomic E-state index is -4.96. The van der Waals surface area contributed by atoms with Crippen molar-refractivity contribution >= 4 is 39.5 Å². The molecule has 0 fully saturated rings. The molecule has 564 valence electrons. The first-order valence-electron chi connectivity index (χ1n) is 39.3. The normalized spacial score (nSPS) is 14.1. The molecule has 95 heavy (non-hydrogen) atoms. The number of carbonyl (C=O) groups excluding carboxylic acids is 4. The molecule has 17 nitrogen and oxygen atoms in total. The van der Waals surface area contributed by atoms with Crippen molar-refractivity contribution in [2.45, 2.75) is 407 Å². The van der Waals surface area contributed by atoms with Crippen molar-refractivity contribution in [3.8, 4) is 0 Å². The molecule has 5 atom stereocenters. The monoisotopic (exact) mass is 1400 g/mol. The van der Waals surface area contributed by atoms with Crippen LogP contribution in [-0.2, 0) is 65.4 Å². The molecule has 0 aliphatic heterocycles. The van der Waals surface area contributed by atoms with Crippen molar-refractivity contribution in [3.05, 3.63) is 0 Å². The van der Waals surface area contributed by atoms with Crippen LogP contribution >= 0.6 is 15.6 Å². The van der Waals surface area contributed by atoms with Crippen LogP contribution in [-0.4, -0.2) is 96.7 Å². The summed E-state index contributed by atoms with van der Waals surface area (Å²) in [5, 5.41) is 10.6. The van der Waals surface area contributed by atoms with Crippen molar-refractivity contribution in [3.63, 3.8) is 0 Å². The van der Waals surface area contributed by atoms with E-state index in [1.54, 1.807) is 0 Å². The van der Waals surface area contributed by atoms with Gasteiger partial charge >= 0.3 is 39.5 Å². The Labute approximate surface area is 581 Å². The van der Waals surface area contributed by atoms with E-state index in [0.29, 0.717) is 31.6 Å². The summed E-state index contributed by atoms with van der Waals surface area (Å²) in [6.45, 7) is 11.9. The van der Waals surface area contributed by atoms with Gasteiger partial charge in [0, 0.05) is 25.7 Å². The molecule has 0 saturated carbocycles. The highest BCUT2D eigenvalue weighted by atomic mass is 31.2. The number of aliphatic hydroxyl groups excluding tert-OH is 1. The molecule has 0 saturated heterocycles. The van der Waals surface area contributed by atoms with E-state index in [0.717, 1.165) is 108 Å². The zero-order valence-corrected chi connectivity index (χ0v) is 63.9. The van der Waals surface area contributed by atoms with Gasteiger partial charge in [0.15, 0.2) is 12.2 Å². The summed E-state index contributed by atoms with van der Waals surface area (Å²) in [5.41, 5.74) is 0. The number of phosphoric acid groups is 2. The van der Waals surface area contributed by atoms with Gasteiger partial charge in [-0.2, -0.15) is 0 Å². The number of esters is 4. The van der Waals surface area contributed by atoms with Crippen molar-refractivity contribution in [1.82, 2.24) is 0 Å². The quantitative estimate of drug-likeness (QED) is 0.0222. The number of hydrogen-bond acceptors (Lipinski definition) is 15. The summed E-state index contributed by atoms with van der Waals surface area (Å²) >= 11 is 0. The molecule has 0 aromatic heterocycles. The van der Waals surface area contributed by atoms with Crippen LogP contribution < -0.4 is 0 Å². The van der Waals surface area contributed by atoms with E-state index in [2.05, 4.69) is 48.5 Å². The van der Waals surface area contributed by atoms with Crippen molar-refractivity contribution < 1.29 is 80.2 Å². The van der Waals surface area contributed by atoms with Gasteiger partial charge in [-0.05, 0) is 43.4 Å². The fraction of sp³-hybridized carbons (Fsp3) is 0.947. The highest BCUT2D eigenvalue weighted by molar-refractivity contribution is 7.47. The second-order valence-corrected chi connectivity index (χ2v) is 31.7. The van der Waals surface area contributed by atoms with Gasteiger partial charge in [-0.25, -0.2) is 9.13 Å². The predicted molar refractivity (Wildman–Crippen MR) is 386 cm³/mol. The Hall–Kier alpha value is -1.94. The van der Waals surface area contributed by atoms with Crippen molar-refractivity contribution in [2.75, 3.05) is 39.6 Å². The molecule has 0 amide bonds. The van der Waals surface area contributed by atoms with Gasteiger partial charge < -0.3 is 33.8 Å². The molecule has 0 radical (unpaired) electrons. The van der Waals surface area contributed by atoms with Crippen LogP contribution in [0.15, 0.2) is 0 Å². The Kier molecular flexibility index (Phi) is 65.2. The minimum Gasteiger partial charge on any atom is -0.462 e. The van der Waals surface area contributed by atoms with E-state index < -0.39 is 97.5 Å². The molecule has 0 aliphatic rings. The van der Waals surface area contributed by atoms with Gasteiger partial charge in [-0.15, -0.1) is 0 Å². The first-order chi connectivity index (χ1) is 45.7. The maximum atomic E-state index is 13.1. The molecule has 0 rings (SSSR count). The highest BCUT2D eigenvalue weighted by Gasteiger charge is 2.30. The summed E-state index contributed by atoms with van der Waals surface area (Å²) < 4.78 is 68.5. The second-order valence-electron chi connectivity index (χ2n) is 28.8. The lowest BCUT2D eigenvalue weighted by atomic mass is 10.0. The molecule has 3 N–H and O–H groups in total. The van der Waals surface area contributed by atoms with Crippen LogP contribution in [0, 0.1) is 17.8 Å². The van der Waals surface area contributed by atoms with Crippen molar-refractivity contribution in [1.29, 1.82) is 0 Å². The maximum Gasteiger partial charge on any atom is 0.472 e. The smallest absolute Gasteiger partial charge is 0.462 e. The molecule has 19 heteroatoms. The lowest BCUT2D eigenvalue weighted by Crippen LogP contribution is -2.30. The number of aliphatic hydroxyl groups is 1. The van der Waals surface area contributed by atoms with E-state index in [-0.39, 0.29) is 25.7 Å². The summed E-state index contributed by atoms with van der Waals surface area (Å²) in [4.78, 5) is 72.8. The molecule has 0 aromatic carbocycles. The van der Waals surface area contributed by atoms with Crippen LogP contribution in [0.1, 0.15) is 389 Å². The number of hydrogen-bond donors (Lipinski definition) is 3. The summed E-state index contributed by atoms with van der Waals surface area (Å²) in [6, 6.07) is 0. The fourth-order valence-corrected chi connectivity index (χ4v) is 13.2. The molecule has 0 spiro atoms. The Morgan fingerprint density at radius 3 is 0.716 bits per heavy atom. The van der Waals surface area contributed by atoms with E-state index in [4.69, 9.17) is 37.0 Å². The first-order valence-corrected chi connectivity index (χ1v) is 42.3. The third-order valence-electron chi connectivity index (χ3n) is 17.6. The van der Waals surface area contributed by atoms with Crippen LogP contribution in [0.5, 0.6) is 0 Å². The van der Waals surface area contributed by atoms with Crippen LogP contribution in [0.25, 0.3) is 0 Å². The van der Waals surface area contributed by atoms with Gasteiger partial charge in [-0.1, -0.05) is 337 Å². The number of ether oxygens (including phenoxy) is 4. The number of phosphoric ester groups is 2. The van der Waals surface area contributed by atoms with Gasteiger partial charge in [-0.3, -0.25) is 37.3 Å². The number of rotatable bonds is 74. The number of unbranched alkanes of at least 4 members (excludes halogenated alkanes) is 42. The Bertz CT molecular complexity index is 1850. The number of carbonyl (C=O) groups is 4. The predicted octanol–water partition coefficient (Wildman–Crippen LogP) is 22.2. The molecule has 0 aromatic rings. The van der Waals surface area contributed by atoms with E-state index in [1.165, 1.54) is 193 Å². The van der Waals surface area contributed by atoms with Gasteiger partial charge in [0.1, 0.15) is 19.3 Å². The lowest BCUT2D eigenvalue weighted by molar-refractivity contribution is -0.161. The van der Waals surface area contributed by atoms with E-state index in [9.17, 15) is 43.2 Å². The first kappa shape index (κ1) is 93.1. The molecule has 0 aliphatic carbocycles. The fourth-order valence-electron chi connectivity index (χ4n) is 11.6. The standard InChI is InChI=1S/C76H148O17P2/c1-8-9-10-11-12-13-14-17-25-30-37-45-52-59-75(80)93-72(64-87-74(79)58-51-44-39-32-35-42-49-56-69(6)7)66-91-95(84,85)89-62-70(77)61-88-94(82,83)90-65-71(63-86-73(78)57-50-43-36-29-24-21-20-23-28-34-41-48-55-68(4)5)92-76(81)60-53-46-38-31-26-19-16-15-18-22-27-33-40-47-54-67(2)3/h67-72,77H,8-66H2,1-7H3,(H,82,83)(H,84,85)/t70-,71-,72-/m1/s1. The lowest BCUT2D eigenvalue weighted by Gasteiger charge is -2.21. The van der Waals surface area contributed by atoms with Gasteiger partial charge in [0.25, 0.3) is 0 Å². The molecular weight excluding hydrogens is 1250 g/mol. The largest absolute Gasteiger partial charge is 0.472 e. The molecule has 0 bridgehead atoms. The molecule has 0 heterocycles. The Balaban J connectivity index is 5.25. The summed E-state index contributed by atoms with van der Waals surface area (Å²) in [7, 11) is -9.91. The summed E-state index contributed by atoms with van der Waals surface area (Å²) in [5.74, 6) is 0.165. The van der Waals surface area contributed by atoms with Gasteiger partial charge in [0.05, 0.1) is 26.4 Å². The molecular formula is C76H148O17P2. The average Bonchev–Trinajstić information content (AvgIpc) is 2.89. The highest BCUT2D eigenvalue weighted by Crippen LogP contribution is 2.45. The van der Waals surface area contributed by atoms with E-state index >= 15 is 0 Å². The van der Waals surface area contributed by atoms with Crippen LogP contribution in [0.2, 0.25) is 0 Å². The van der Waals surface area contributed by atoms with Crippen molar-refractivity contribution in [2.24, 2.45) is 17.8 Å². The third kappa shape index (κ3) is 70.3. The zero-order chi connectivity index (χ0) is 70.1. The Morgan fingerprint density at radius 1 is 0.284 bits per heavy atom. The summed E-state index contributed by atoms with van der Waals surface area (Å²) in [6.07, 6.45) is 52.7. The van der Waals surface area contributed by atoms with Gasteiger partial charge in [0.2, 0.25) is 0 Å². The van der Waals surface area contributed by atoms with E-state index in [1.807, 2.05) is 0 Å². The van der Waals surface area contributed by atoms with Crippen LogP contribution in [0.3, 0.4) is 0 Å². The minimum absolute atomic E-state index is 0.107.